The van der Waals surface area contributed by atoms with Crippen molar-refractivity contribution >= 4 is 5.91 Å². The maximum absolute atomic E-state index is 14.9. The second kappa shape index (κ2) is 10.7. The van der Waals surface area contributed by atoms with Crippen LogP contribution in [-0.4, -0.2) is 41.9 Å². The van der Waals surface area contributed by atoms with Gasteiger partial charge in [0.2, 0.25) is 5.91 Å². The molecule has 0 N–H and O–H groups in total. The lowest BCUT2D eigenvalue weighted by Crippen LogP contribution is -2.65. The third-order valence-corrected chi connectivity index (χ3v) is 16.5. The van der Waals surface area contributed by atoms with Crippen LogP contribution in [0.4, 0.5) is 0 Å². The van der Waals surface area contributed by atoms with E-state index < -0.39 is 0 Å². The first kappa shape index (κ1) is 32.0. The predicted molar refractivity (Wildman–Crippen MR) is 187 cm³/mol. The second-order valence-corrected chi connectivity index (χ2v) is 19.2. The van der Waals surface area contributed by atoms with Gasteiger partial charge in [-0.2, -0.15) is 0 Å². The minimum Gasteiger partial charge on any atom is -0.340 e. The molecule has 1 aromatic carbocycles. The molecule has 0 unspecified atom stereocenters. The third-order valence-electron chi connectivity index (χ3n) is 16.5. The van der Waals surface area contributed by atoms with Crippen molar-refractivity contribution in [1.29, 1.82) is 0 Å². The molecule has 8 atom stereocenters. The molecule has 1 heterocycles. The van der Waals surface area contributed by atoms with Gasteiger partial charge in [-0.3, -0.25) is 9.69 Å². The van der Waals surface area contributed by atoms with Gasteiger partial charge >= 0.3 is 0 Å². The zero-order valence-electron chi connectivity index (χ0n) is 30.2. The van der Waals surface area contributed by atoms with Crippen molar-refractivity contribution in [3.8, 4) is 0 Å². The van der Waals surface area contributed by atoms with E-state index in [9.17, 15) is 4.79 Å². The van der Waals surface area contributed by atoms with Crippen LogP contribution < -0.4 is 0 Å². The fourth-order valence-corrected chi connectivity index (χ4v) is 13.1. The summed E-state index contributed by atoms with van der Waals surface area (Å²) in [6.45, 7) is 25.6. The monoisotopic (exact) mass is 613 g/mol. The van der Waals surface area contributed by atoms with Crippen molar-refractivity contribution in [3.05, 3.63) is 47.5 Å². The van der Waals surface area contributed by atoms with Crippen LogP contribution in [0.25, 0.3) is 0 Å². The van der Waals surface area contributed by atoms with Gasteiger partial charge in [-0.15, -0.1) is 0 Å². The van der Waals surface area contributed by atoms with Crippen LogP contribution in [0.2, 0.25) is 0 Å². The van der Waals surface area contributed by atoms with Crippen LogP contribution in [0.15, 0.2) is 42.0 Å². The summed E-state index contributed by atoms with van der Waals surface area (Å²) in [5, 5.41) is 0. The average molecular weight is 613 g/mol. The molecule has 6 aliphatic rings. The van der Waals surface area contributed by atoms with Crippen molar-refractivity contribution in [2.24, 2.45) is 56.2 Å². The molecule has 248 valence electrons. The number of hydrogen-bond acceptors (Lipinski definition) is 2. The zero-order valence-corrected chi connectivity index (χ0v) is 30.2. The molecule has 3 heteroatoms. The highest BCUT2D eigenvalue weighted by atomic mass is 16.2. The van der Waals surface area contributed by atoms with Gasteiger partial charge in [-0.25, -0.2) is 0 Å². The number of rotatable bonds is 3. The molecule has 3 nitrogen and oxygen atoms in total. The molecular weight excluding hydrogens is 548 g/mol. The molecule has 0 bridgehead atoms. The van der Waals surface area contributed by atoms with Crippen LogP contribution >= 0.6 is 0 Å². The van der Waals surface area contributed by atoms with E-state index in [1.165, 1.54) is 56.9 Å². The van der Waals surface area contributed by atoms with Gasteiger partial charge in [-0.05, 0) is 121 Å². The molecule has 4 saturated carbocycles. The van der Waals surface area contributed by atoms with Gasteiger partial charge in [0, 0.05) is 32.7 Å². The smallest absolute Gasteiger partial charge is 0.229 e. The molecule has 45 heavy (non-hydrogen) atoms. The first-order valence-corrected chi connectivity index (χ1v) is 18.9. The van der Waals surface area contributed by atoms with Gasteiger partial charge in [-0.1, -0.05) is 97.4 Å². The molecule has 1 aliphatic heterocycles. The fourth-order valence-electron chi connectivity index (χ4n) is 13.1. The Labute approximate surface area is 276 Å². The van der Waals surface area contributed by atoms with E-state index in [4.69, 9.17) is 0 Å². The van der Waals surface area contributed by atoms with Gasteiger partial charge in [0.1, 0.15) is 0 Å². The number of carbonyl (C=O) groups excluding carboxylic acids is 1. The minimum atomic E-state index is -0.199. The first-order valence-electron chi connectivity index (χ1n) is 18.9. The highest BCUT2D eigenvalue weighted by molar-refractivity contribution is 5.84. The number of carbonyl (C=O) groups is 1. The van der Waals surface area contributed by atoms with Gasteiger partial charge < -0.3 is 4.90 Å². The minimum absolute atomic E-state index is 0.199. The quantitative estimate of drug-likeness (QED) is 0.317. The molecule has 7 rings (SSSR count). The van der Waals surface area contributed by atoms with Crippen molar-refractivity contribution in [3.63, 3.8) is 0 Å². The summed E-state index contributed by atoms with van der Waals surface area (Å²) in [5.74, 6) is 3.30. The number of fused-ring (bicyclic) bond motifs is 7. The highest BCUT2D eigenvalue weighted by Crippen LogP contribution is 2.76. The third kappa shape index (κ3) is 4.69. The summed E-state index contributed by atoms with van der Waals surface area (Å²) in [4.78, 5) is 19.8. The second-order valence-electron chi connectivity index (χ2n) is 19.2. The Hall–Kier alpha value is -1.61. The van der Waals surface area contributed by atoms with Crippen molar-refractivity contribution in [1.82, 2.24) is 9.80 Å². The van der Waals surface area contributed by atoms with E-state index >= 15 is 0 Å². The SMILES string of the molecule is C[C@@H]1CC[C@@]2(C)[C@H]3CC=C4[C@@H]5CC(C)(C)CC[C@@]5(C(=O)N5CCN(Cc6ccccc6)CC5)CC[C@@]4(C)[C@@]3(C)CC[C@H]2C1(C)C. The Morgan fingerprint density at radius 1 is 0.800 bits per heavy atom. The first-order chi connectivity index (χ1) is 21.2. The Morgan fingerprint density at radius 3 is 2.20 bits per heavy atom. The number of benzene rings is 1. The number of nitrogens with zero attached hydrogens (tertiary/aromatic N) is 2. The van der Waals surface area contributed by atoms with E-state index in [2.05, 4.69) is 102 Å². The highest BCUT2D eigenvalue weighted by Gasteiger charge is 2.69. The topological polar surface area (TPSA) is 23.6 Å². The molecule has 5 aliphatic carbocycles. The summed E-state index contributed by atoms with van der Waals surface area (Å²) in [6, 6.07) is 10.8. The van der Waals surface area contributed by atoms with Crippen LogP contribution in [0, 0.1) is 56.2 Å². The summed E-state index contributed by atoms with van der Waals surface area (Å²) in [6.07, 6.45) is 15.3. The molecule has 5 fully saturated rings. The van der Waals surface area contributed by atoms with E-state index in [1.54, 1.807) is 5.57 Å². The van der Waals surface area contributed by atoms with Crippen LogP contribution in [-0.2, 0) is 11.3 Å². The summed E-state index contributed by atoms with van der Waals surface area (Å²) < 4.78 is 0. The van der Waals surface area contributed by atoms with Crippen molar-refractivity contribution < 1.29 is 4.79 Å². The van der Waals surface area contributed by atoms with Crippen LogP contribution in [0.3, 0.4) is 0 Å². The average Bonchev–Trinajstić information content (AvgIpc) is 3.00. The standard InChI is InChI=1S/C42H64N2O/c1-30-16-18-39(6)34(38(30,4)5)17-19-41(8)35(39)15-14-32-33-28-37(2,3)20-22-42(33,23-21-40(32,41)7)36(45)44-26-24-43(25-27-44)29-31-12-10-9-11-13-31/h9-14,30,33-35H,15-29H2,1-8H3/t30-,33+,34+,35-,39-,40-,41+,42-/m1/s1. The van der Waals surface area contributed by atoms with E-state index in [-0.39, 0.29) is 10.8 Å². The number of piperazine rings is 1. The van der Waals surface area contributed by atoms with Crippen LogP contribution in [0.5, 0.6) is 0 Å². The fraction of sp³-hybridized carbons (Fsp3) is 0.786. The van der Waals surface area contributed by atoms with Crippen molar-refractivity contribution in [2.45, 2.75) is 126 Å². The molecule has 1 amide bonds. The lowest BCUT2D eigenvalue weighted by atomic mass is 9.33. The molecule has 0 spiro atoms. The van der Waals surface area contributed by atoms with E-state index in [0.29, 0.717) is 33.5 Å². The molecule has 1 saturated heterocycles. The molecule has 0 radical (unpaired) electrons. The van der Waals surface area contributed by atoms with Crippen molar-refractivity contribution in [2.75, 3.05) is 26.2 Å². The Kier molecular flexibility index (Phi) is 7.60. The Bertz CT molecular complexity index is 1320. The normalized spacial score (nSPS) is 44.1. The number of hydrogen-bond donors (Lipinski definition) is 0. The maximum atomic E-state index is 14.9. The predicted octanol–water partition coefficient (Wildman–Crippen LogP) is 9.77. The molecule has 0 aromatic heterocycles. The van der Waals surface area contributed by atoms with Gasteiger partial charge in [0.05, 0.1) is 5.41 Å². The van der Waals surface area contributed by atoms with E-state index in [0.717, 1.165) is 63.3 Å². The van der Waals surface area contributed by atoms with Gasteiger partial charge in [0.15, 0.2) is 0 Å². The lowest BCUT2D eigenvalue weighted by Gasteiger charge is -2.71. The molecule has 1 aromatic rings. The Morgan fingerprint density at radius 2 is 1.49 bits per heavy atom. The summed E-state index contributed by atoms with van der Waals surface area (Å²) in [7, 11) is 0. The number of allylic oxidation sites excluding steroid dienone is 2. The summed E-state index contributed by atoms with van der Waals surface area (Å²) in [5.41, 5.74) is 4.56. The maximum Gasteiger partial charge on any atom is 0.229 e. The summed E-state index contributed by atoms with van der Waals surface area (Å²) >= 11 is 0. The van der Waals surface area contributed by atoms with Gasteiger partial charge in [0.25, 0.3) is 0 Å². The Balaban J connectivity index is 1.18. The van der Waals surface area contributed by atoms with E-state index in [1.807, 2.05) is 0 Å². The zero-order chi connectivity index (χ0) is 32.0. The molecular formula is C42H64N2O. The number of amides is 1. The largest absolute Gasteiger partial charge is 0.340 e. The lowest BCUT2D eigenvalue weighted by molar-refractivity contribution is -0.194. The van der Waals surface area contributed by atoms with Crippen LogP contribution in [0.1, 0.15) is 125 Å².